The van der Waals surface area contributed by atoms with Crippen molar-refractivity contribution in [2.75, 3.05) is 71.9 Å². The Bertz CT molecular complexity index is 4770. The van der Waals surface area contributed by atoms with Gasteiger partial charge in [-0.05, 0) is 152 Å². The van der Waals surface area contributed by atoms with E-state index in [0.717, 1.165) is 22.3 Å². The molecule has 0 spiro atoms. The molecule has 0 unspecified atom stereocenters. The summed E-state index contributed by atoms with van der Waals surface area (Å²) in [6.45, 7) is 8.74. The maximum absolute atomic E-state index is 13.8. The van der Waals surface area contributed by atoms with Crippen molar-refractivity contribution < 1.29 is 64.8 Å². The minimum Gasteiger partial charge on any atom is -0.379 e. The average Bonchev–Trinajstić information content (AvgIpc) is 1.02. The van der Waals surface area contributed by atoms with Gasteiger partial charge >= 0.3 is 0 Å². The van der Waals surface area contributed by atoms with Crippen molar-refractivity contribution in [1.29, 1.82) is 0 Å². The largest absolute Gasteiger partial charge is 0.379 e. The fraction of sp³-hybridized carbons (Fsp3) is 0.215. The first-order valence-electron chi connectivity index (χ1n) is 30.3. The Balaban J connectivity index is 0.588. The van der Waals surface area contributed by atoms with Crippen LogP contribution in [0, 0.1) is 47.9 Å². The Morgan fingerprint density at radius 1 is 0.622 bits per heavy atom. The van der Waals surface area contributed by atoms with Crippen LogP contribution in [0.4, 0.5) is 39.8 Å². The van der Waals surface area contributed by atoms with Crippen molar-refractivity contribution in [3.05, 3.63) is 224 Å². The molecule has 0 aliphatic carbocycles. The lowest BCUT2D eigenvalue weighted by Crippen LogP contribution is -2.41. The summed E-state index contributed by atoms with van der Waals surface area (Å²) >= 11 is 0. The van der Waals surface area contributed by atoms with E-state index in [9.17, 15) is 46.7 Å². The molecule has 10 aromatic rings. The summed E-state index contributed by atoms with van der Waals surface area (Å²) in [6.07, 6.45) is 6.13. The van der Waals surface area contributed by atoms with Crippen LogP contribution in [0.1, 0.15) is 38.2 Å². The molecule has 3 heterocycles. The SMILES string of the molecule is Cc1ccc(S(=O)(=O)Nc2ccc(NNCOn3ncc4cc([N+](=O)[O-])ccc43)cc2)c(C)c1NC(=O)C[n+]1cccc(C(=O)NCCOCCOCCNOCc2cccc(-c3c(C)ccc(S(=O)(=O)Nc4ccc(NNOCn5ncc6cc([N+](=O)[O-])ccc65)cc4)c3C)c2)c1. The second-order valence-electron chi connectivity index (χ2n) is 22.0. The number of nitrogens with zero attached hydrogens (tertiary/aromatic N) is 7. The van der Waals surface area contributed by atoms with E-state index in [2.05, 4.69) is 57.6 Å². The molecule has 0 saturated heterocycles. The summed E-state index contributed by atoms with van der Waals surface area (Å²) in [5.74, 6) is -0.832. The monoisotopic (exact) mass is 1380 g/mol. The van der Waals surface area contributed by atoms with E-state index in [1.54, 1.807) is 116 Å². The lowest BCUT2D eigenvalue weighted by Gasteiger charge is -2.17. The summed E-state index contributed by atoms with van der Waals surface area (Å²) in [7, 11) is -8.14. The van der Waals surface area contributed by atoms with Crippen LogP contribution in [0.3, 0.4) is 0 Å². The number of carbonyl (C=O) groups excluding carboxylic acids is 2. The number of sulfonamides is 2. The zero-order chi connectivity index (χ0) is 69.3. The zero-order valence-corrected chi connectivity index (χ0v) is 54.9. The molecule has 0 bridgehead atoms. The lowest BCUT2D eigenvalue weighted by molar-refractivity contribution is -0.684. The molecule has 0 radical (unpaired) electrons. The van der Waals surface area contributed by atoms with Gasteiger partial charge in [-0.3, -0.25) is 54.4 Å². The van der Waals surface area contributed by atoms with E-state index in [0.29, 0.717) is 86.6 Å². The number of rotatable bonds is 35. The van der Waals surface area contributed by atoms with Crippen molar-refractivity contribution in [2.24, 2.45) is 0 Å². The fourth-order valence-corrected chi connectivity index (χ4v) is 13.0. The van der Waals surface area contributed by atoms with Gasteiger partial charge in [-0.25, -0.2) is 21.5 Å². The van der Waals surface area contributed by atoms with Gasteiger partial charge in [0, 0.05) is 76.9 Å². The van der Waals surface area contributed by atoms with Gasteiger partial charge in [0.2, 0.25) is 6.54 Å². The third-order valence-corrected chi connectivity index (χ3v) is 18.2. The fourth-order valence-electron chi connectivity index (χ4n) is 10.4. The van der Waals surface area contributed by atoms with Crippen LogP contribution in [0.15, 0.2) is 180 Å². The first kappa shape index (κ1) is 69.8. The summed E-state index contributed by atoms with van der Waals surface area (Å²) in [4.78, 5) is 65.8. The molecule has 9 N–H and O–H groups in total. The van der Waals surface area contributed by atoms with Gasteiger partial charge in [0.05, 0.1) is 76.3 Å². The highest BCUT2D eigenvalue weighted by atomic mass is 32.2. The van der Waals surface area contributed by atoms with Crippen LogP contribution >= 0.6 is 0 Å². The number of hydrogen-bond donors (Lipinski definition) is 9. The first-order valence-corrected chi connectivity index (χ1v) is 33.3. The number of ether oxygens (including phenoxy) is 2. The number of anilines is 5. The molecule has 0 fully saturated rings. The lowest BCUT2D eigenvalue weighted by atomic mass is 9.95. The van der Waals surface area contributed by atoms with Gasteiger partial charge < -0.3 is 30.4 Å². The summed E-state index contributed by atoms with van der Waals surface area (Å²) in [6, 6.07) is 39.0. The number of aryl methyl sites for hydroxylation is 2. The molecule has 31 nitrogen and oxygen atoms in total. The van der Waals surface area contributed by atoms with Gasteiger partial charge in [-0.1, -0.05) is 35.2 Å². The molecule has 0 saturated carbocycles. The predicted molar refractivity (Wildman–Crippen MR) is 363 cm³/mol. The van der Waals surface area contributed by atoms with E-state index < -0.39 is 35.8 Å². The van der Waals surface area contributed by atoms with Crippen molar-refractivity contribution in [2.45, 2.75) is 57.4 Å². The van der Waals surface area contributed by atoms with E-state index in [4.69, 9.17) is 24.0 Å². The molecular formula is C65H69N16O15S2+. The van der Waals surface area contributed by atoms with Crippen molar-refractivity contribution >= 4 is 93.5 Å². The molecule has 33 heteroatoms. The molecule has 0 aliphatic rings. The number of nitro benzene ring substituents is 2. The van der Waals surface area contributed by atoms with Crippen LogP contribution in [-0.2, 0) is 63.9 Å². The number of non-ortho nitro benzene ring substituents is 2. The van der Waals surface area contributed by atoms with Crippen LogP contribution in [-0.4, -0.2) is 104 Å². The predicted octanol–water partition coefficient (Wildman–Crippen LogP) is 7.62. The number of hydrogen-bond acceptors (Lipinski definition) is 22. The second kappa shape index (κ2) is 32.2. The topological polar surface area (TPSA) is 383 Å². The van der Waals surface area contributed by atoms with E-state index in [1.165, 1.54) is 64.5 Å². The van der Waals surface area contributed by atoms with Crippen molar-refractivity contribution in [1.82, 2.24) is 41.5 Å². The maximum atomic E-state index is 13.8. The van der Waals surface area contributed by atoms with E-state index >= 15 is 0 Å². The highest BCUT2D eigenvalue weighted by Crippen LogP contribution is 2.34. The molecular weight excluding hydrogens is 1310 g/mol. The third kappa shape index (κ3) is 18.1. The Morgan fingerprint density at radius 3 is 1.92 bits per heavy atom. The van der Waals surface area contributed by atoms with Crippen molar-refractivity contribution in [3.8, 4) is 11.1 Å². The highest BCUT2D eigenvalue weighted by molar-refractivity contribution is 7.93. The van der Waals surface area contributed by atoms with Crippen LogP contribution in [0.2, 0.25) is 0 Å². The first-order chi connectivity index (χ1) is 47.2. The van der Waals surface area contributed by atoms with Crippen LogP contribution in [0.5, 0.6) is 0 Å². The number of pyridine rings is 1. The molecule has 0 aliphatic heterocycles. The number of amides is 2. The zero-order valence-electron chi connectivity index (χ0n) is 53.3. The number of hydrazine groups is 2. The molecule has 0 atom stereocenters. The Morgan fingerprint density at radius 2 is 1.23 bits per heavy atom. The summed E-state index contributed by atoms with van der Waals surface area (Å²) in [5, 5.41) is 37.3. The van der Waals surface area contributed by atoms with Crippen molar-refractivity contribution in [3.63, 3.8) is 0 Å². The molecule has 98 heavy (non-hydrogen) atoms. The number of nitro groups is 2. The number of nitrogens with one attached hydrogen (secondary N) is 9. The molecule has 2 amide bonds. The number of hydroxylamine groups is 1. The third-order valence-electron chi connectivity index (χ3n) is 15.1. The molecule has 3 aromatic heterocycles. The van der Waals surface area contributed by atoms with Gasteiger partial charge in [0.15, 0.2) is 25.9 Å². The second-order valence-corrected chi connectivity index (χ2v) is 25.3. The van der Waals surface area contributed by atoms with E-state index in [-0.39, 0.29) is 79.1 Å². The Labute approximate surface area is 561 Å². The Hall–Kier alpha value is -11.0. The van der Waals surface area contributed by atoms with Gasteiger partial charge in [0.1, 0.15) is 11.1 Å². The smallest absolute Gasteiger partial charge is 0.290 e. The number of carbonyl (C=O) groups is 2. The summed E-state index contributed by atoms with van der Waals surface area (Å²) < 4.78 is 74.7. The maximum Gasteiger partial charge on any atom is 0.290 e. The van der Waals surface area contributed by atoms with E-state index in [1.807, 2.05) is 31.2 Å². The number of benzene rings is 7. The molecule has 7 aromatic carbocycles. The molecule has 10 rings (SSSR count). The van der Waals surface area contributed by atoms with Crippen LogP contribution < -0.4 is 56.8 Å². The van der Waals surface area contributed by atoms with Crippen LogP contribution in [0.25, 0.3) is 32.9 Å². The molecule has 510 valence electrons. The number of fused-ring (bicyclic) bond motifs is 2. The quantitative estimate of drug-likeness (QED) is 0.00606. The van der Waals surface area contributed by atoms with Gasteiger partial charge in [-0.2, -0.15) is 20.6 Å². The normalized spacial score (nSPS) is 11.6. The standard InChI is InChI=1S/C65H68N16O15S2/c1-43-10-24-60(97(88,89)74-55-18-14-53(15-19-55)73-76-95-42-78-58-22-20-56(80(84)85)34-50(58)36-68-78)45(3)63(43)48-8-5-7-47(33-48)40-94-70-27-30-93-32-31-92-29-26-66-65(83)49-9-6-28-77(38-49)39-62(82)71-64-44(2)11-25-61(46(64)4)98(90,91)75-54-16-12-52(13-17-54)72-67-41-96-79-59-23-21-57(81(86)87)35-51(59)37-69-79/h5-25,28,33-38,67,70,72-76H,26-27,29-32,39-42H2,1-4H3,(H-,66,71,82,83)/p+1. The summed E-state index contributed by atoms with van der Waals surface area (Å²) in [5.41, 5.74) is 22.5. The average molecular weight is 1380 g/mol. The minimum atomic E-state index is -4.13. The number of aromatic nitrogens is 5. The van der Waals surface area contributed by atoms with Gasteiger partial charge in [-0.15, -0.1) is 10.7 Å². The minimum absolute atomic E-state index is 0.0135. The van der Waals surface area contributed by atoms with Gasteiger partial charge in [0.25, 0.3) is 43.2 Å². The Kier molecular flexibility index (Phi) is 22.9. The highest BCUT2D eigenvalue weighted by Gasteiger charge is 2.25.